The van der Waals surface area contributed by atoms with Crippen molar-refractivity contribution in [2.45, 2.75) is 31.1 Å². The fraction of sp³-hybridized carbons (Fsp3) is 0.353. The first-order chi connectivity index (χ1) is 11.5. The highest BCUT2D eigenvalue weighted by Gasteiger charge is 2.23. The summed E-state index contributed by atoms with van der Waals surface area (Å²) in [6.45, 7) is 3.49. The van der Waals surface area contributed by atoms with Gasteiger partial charge in [-0.1, -0.05) is 19.1 Å². The van der Waals surface area contributed by atoms with E-state index in [1.165, 1.54) is 12.3 Å². The number of nitrogens with zero attached hydrogens (tertiary/aromatic N) is 1. The van der Waals surface area contributed by atoms with E-state index >= 15 is 0 Å². The summed E-state index contributed by atoms with van der Waals surface area (Å²) in [7, 11) is -3.72. The molecule has 2 N–H and O–H groups in total. The Morgan fingerprint density at radius 1 is 1.21 bits per heavy atom. The molecule has 2 heterocycles. The van der Waals surface area contributed by atoms with Crippen molar-refractivity contribution >= 4 is 21.6 Å². The maximum Gasteiger partial charge on any atom is 0.270 e. The van der Waals surface area contributed by atoms with Gasteiger partial charge in [0.2, 0.25) is 0 Å². The van der Waals surface area contributed by atoms with Gasteiger partial charge in [0, 0.05) is 25.0 Å². The summed E-state index contributed by atoms with van der Waals surface area (Å²) >= 11 is 0. The van der Waals surface area contributed by atoms with Gasteiger partial charge >= 0.3 is 0 Å². The van der Waals surface area contributed by atoms with Gasteiger partial charge in [0.15, 0.2) is 0 Å². The zero-order valence-corrected chi connectivity index (χ0v) is 14.4. The molecule has 0 bridgehead atoms. The van der Waals surface area contributed by atoms with Gasteiger partial charge < -0.3 is 9.88 Å². The predicted octanol–water partition coefficient (Wildman–Crippen LogP) is 2.61. The van der Waals surface area contributed by atoms with Crippen LogP contribution in [0.15, 0.2) is 41.4 Å². The fourth-order valence-electron chi connectivity index (χ4n) is 2.77. The Hall–Kier alpha value is -2.28. The van der Waals surface area contributed by atoms with Gasteiger partial charge in [0.1, 0.15) is 10.6 Å². The minimum absolute atomic E-state index is 0.0598. The van der Waals surface area contributed by atoms with Crippen LogP contribution in [0.4, 0.5) is 5.69 Å². The molecular weight excluding hydrogens is 326 g/mol. The molecule has 24 heavy (non-hydrogen) atoms. The third kappa shape index (κ3) is 3.46. The average Bonchev–Trinajstić information content (AvgIpc) is 3.26. The second-order valence-electron chi connectivity index (χ2n) is 5.90. The number of sulfonamides is 1. The Morgan fingerprint density at radius 2 is 1.88 bits per heavy atom. The molecular formula is C17H21N3O3S. The number of H-pyrrole nitrogens is 1. The lowest BCUT2D eigenvalue weighted by Gasteiger charge is -2.13. The Labute approximate surface area is 141 Å². The Balaban J connectivity index is 1.75. The molecule has 1 saturated heterocycles. The standard InChI is InChI=1S/C17H21N3O3S/c1-2-13-5-7-14(8-6-13)19-24(22,23)15-11-16(18-12-15)17(21)20-9-3-4-10-20/h5-8,11-12,18-19H,2-4,9-10H2,1H3. The summed E-state index contributed by atoms with van der Waals surface area (Å²) in [6, 6.07) is 8.64. The van der Waals surface area contributed by atoms with Crippen molar-refractivity contribution in [3.8, 4) is 0 Å². The molecule has 1 fully saturated rings. The number of rotatable bonds is 5. The zero-order chi connectivity index (χ0) is 17.2. The first kappa shape index (κ1) is 16.6. The lowest BCUT2D eigenvalue weighted by molar-refractivity contribution is 0.0787. The number of carbonyl (C=O) groups excluding carboxylic acids is 1. The van der Waals surface area contributed by atoms with Gasteiger partial charge in [-0.15, -0.1) is 0 Å². The first-order valence-electron chi connectivity index (χ1n) is 8.09. The van der Waals surface area contributed by atoms with Crippen LogP contribution < -0.4 is 4.72 Å². The van der Waals surface area contributed by atoms with Crippen LogP contribution >= 0.6 is 0 Å². The molecule has 0 radical (unpaired) electrons. The van der Waals surface area contributed by atoms with Crippen LogP contribution in [0.3, 0.4) is 0 Å². The number of carbonyl (C=O) groups is 1. The highest BCUT2D eigenvalue weighted by Crippen LogP contribution is 2.19. The number of benzene rings is 1. The van der Waals surface area contributed by atoms with Crippen LogP contribution in [0.1, 0.15) is 35.8 Å². The number of hydrogen-bond acceptors (Lipinski definition) is 3. The molecule has 0 unspecified atom stereocenters. The lowest BCUT2D eigenvalue weighted by Crippen LogP contribution is -2.27. The van der Waals surface area contributed by atoms with Gasteiger partial charge in [0.25, 0.3) is 15.9 Å². The molecule has 2 aromatic rings. The minimum atomic E-state index is -3.72. The van der Waals surface area contributed by atoms with Crippen molar-refractivity contribution in [3.05, 3.63) is 47.8 Å². The third-order valence-electron chi connectivity index (χ3n) is 4.20. The van der Waals surface area contributed by atoms with Gasteiger partial charge in [-0.3, -0.25) is 9.52 Å². The SMILES string of the molecule is CCc1ccc(NS(=O)(=O)c2c[nH]c(C(=O)N3CCCC3)c2)cc1. The maximum atomic E-state index is 12.5. The van der Waals surface area contributed by atoms with Crippen molar-refractivity contribution in [2.24, 2.45) is 0 Å². The van der Waals surface area contributed by atoms with Crippen LogP contribution in [0.25, 0.3) is 0 Å². The van der Waals surface area contributed by atoms with Crippen molar-refractivity contribution in [1.29, 1.82) is 0 Å². The first-order valence-corrected chi connectivity index (χ1v) is 9.57. The van der Waals surface area contributed by atoms with Gasteiger partial charge in [-0.25, -0.2) is 8.42 Å². The third-order valence-corrected chi connectivity index (χ3v) is 5.57. The Bertz CT molecular complexity index is 819. The number of aryl methyl sites for hydroxylation is 1. The molecule has 7 heteroatoms. The average molecular weight is 347 g/mol. The van der Waals surface area contributed by atoms with Gasteiger partial charge in [-0.2, -0.15) is 0 Å². The van der Waals surface area contributed by atoms with Crippen LogP contribution in [0, 0.1) is 0 Å². The number of aromatic nitrogens is 1. The van der Waals surface area contributed by atoms with E-state index in [4.69, 9.17) is 0 Å². The summed E-state index contributed by atoms with van der Waals surface area (Å²) in [5.74, 6) is -0.152. The topological polar surface area (TPSA) is 82.3 Å². The largest absolute Gasteiger partial charge is 0.356 e. The normalized spacial score (nSPS) is 14.8. The van der Waals surface area contributed by atoms with Crippen molar-refractivity contribution < 1.29 is 13.2 Å². The summed E-state index contributed by atoms with van der Waals surface area (Å²) in [5.41, 5.74) is 1.94. The number of amides is 1. The summed E-state index contributed by atoms with van der Waals surface area (Å²) in [6.07, 6.45) is 4.23. The quantitative estimate of drug-likeness (QED) is 0.872. The minimum Gasteiger partial charge on any atom is -0.356 e. The fourth-order valence-corrected chi connectivity index (χ4v) is 3.82. The monoisotopic (exact) mass is 347 g/mol. The molecule has 0 atom stereocenters. The van der Waals surface area contributed by atoms with Crippen LogP contribution in [0.5, 0.6) is 0 Å². The van der Waals surface area contributed by atoms with Crippen LogP contribution in [-0.4, -0.2) is 37.3 Å². The highest BCUT2D eigenvalue weighted by atomic mass is 32.2. The molecule has 3 rings (SSSR count). The van der Waals surface area contributed by atoms with E-state index in [0.29, 0.717) is 11.4 Å². The smallest absolute Gasteiger partial charge is 0.270 e. The van der Waals surface area contributed by atoms with E-state index in [9.17, 15) is 13.2 Å². The Kier molecular flexibility index (Phi) is 4.62. The summed E-state index contributed by atoms with van der Waals surface area (Å²) in [5, 5.41) is 0. The molecule has 1 amide bonds. The number of nitrogens with one attached hydrogen (secondary N) is 2. The van der Waals surface area contributed by atoms with Gasteiger partial charge in [-0.05, 0) is 43.0 Å². The highest BCUT2D eigenvalue weighted by molar-refractivity contribution is 7.92. The molecule has 1 aliphatic heterocycles. The second kappa shape index (κ2) is 6.68. The Morgan fingerprint density at radius 3 is 2.50 bits per heavy atom. The zero-order valence-electron chi connectivity index (χ0n) is 13.6. The molecule has 0 spiro atoms. The summed E-state index contributed by atoms with van der Waals surface area (Å²) < 4.78 is 27.4. The molecule has 1 aliphatic rings. The number of anilines is 1. The van der Waals surface area contributed by atoms with Crippen LogP contribution in [-0.2, 0) is 16.4 Å². The van der Waals surface area contributed by atoms with Gasteiger partial charge in [0.05, 0.1) is 0 Å². The maximum absolute atomic E-state index is 12.5. The van der Waals surface area contributed by atoms with Crippen molar-refractivity contribution in [3.63, 3.8) is 0 Å². The van der Waals surface area contributed by atoms with E-state index in [-0.39, 0.29) is 10.8 Å². The molecule has 1 aromatic carbocycles. The number of likely N-dealkylation sites (tertiary alicyclic amines) is 1. The van der Waals surface area contributed by atoms with Crippen molar-refractivity contribution in [2.75, 3.05) is 17.8 Å². The summed E-state index contributed by atoms with van der Waals surface area (Å²) in [4.78, 5) is 16.9. The molecule has 0 aliphatic carbocycles. The number of hydrogen-bond donors (Lipinski definition) is 2. The predicted molar refractivity (Wildman–Crippen MR) is 92.6 cm³/mol. The van der Waals surface area contributed by atoms with E-state index in [1.807, 2.05) is 19.1 Å². The van der Waals surface area contributed by atoms with E-state index in [1.54, 1.807) is 17.0 Å². The van der Waals surface area contributed by atoms with Crippen molar-refractivity contribution in [1.82, 2.24) is 9.88 Å². The lowest BCUT2D eigenvalue weighted by atomic mass is 10.2. The molecule has 1 aromatic heterocycles. The van der Waals surface area contributed by atoms with Crippen LogP contribution in [0.2, 0.25) is 0 Å². The number of aromatic amines is 1. The molecule has 6 nitrogen and oxygen atoms in total. The molecule has 128 valence electrons. The van der Waals surface area contributed by atoms with E-state index in [0.717, 1.165) is 37.9 Å². The van der Waals surface area contributed by atoms with E-state index < -0.39 is 10.0 Å². The second-order valence-corrected chi connectivity index (χ2v) is 7.59. The van der Waals surface area contributed by atoms with E-state index in [2.05, 4.69) is 9.71 Å². The molecule has 0 saturated carbocycles.